The van der Waals surface area contributed by atoms with Crippen LogP contribution in [0.5, 0.6) is 0 Å². The number of hydrogen-bond donors (Lipinski definition) is 0. The summed E-state index contributed by atoms with van der Waals surface area (Å²) in [5, 5.41) is 0. The molecule has 0 saturated carbocycles. The topological polar surface area (TPSA) is 26.3 Å². The van der Waals surface area contributed by atoms with E-state index in [4.69, 9.17) is 4.74 Å². The third-order valence-electron chi connectivity index (χ3n) is 3.94. The van der Waals surface area contributed by atoms with Crippen molar-refractivity contribution in [1.29, 1.82) is 0 Å². The number of esters is 1. The van der Waals surface area contributed by atoms with E-state index in [1.54, 1.807) is 6.92 Å². The first-order valence-corrected chi connectivity index (χ1v) is 10.3. The number of carbonyl (C=O) groups excluding carboxylic acids is 1. The van der Waals surface area contributed by atoms with Crippen LogP contribution in [0.25, 0.3) is 0 Å². The molecule has 0 atom stereocenters. The number of rotatable bonds is 11. The fourth-order valence-electron chi connectivity index (χ4n) is 2.34. The molecular weight excluding hydrogens is 388 g/mol. The van der Waals surface area contributed by atoms with Crippen molar-refractivity contribution in [3.8, 4) is 0 Å². The van der Waals surface area contributed by atoms with Gasteiger partial charge >= 0.3 is 5.97 Å². The molecule has 2 aromatic rings. The summed E-state index contributed by atoms with van der Waals surface area (Å²) in [5.74, 6) is -0.260. The molecule has 0 unspecified atom stereocenters. The molecule has 28 heavy (non-hydrogen) atoms. The normalized spacial score (nSPS) is 9.07. The molecule has 2 aromatic carbocycles. The summed E-state index contributed by atoms with van der Waals surface area (Å²) in [6.45, 7) is 8.01. The summed E-state index contributed by atoms with van der Waals surface area (Å²) in [6.07, 6.45) is 11.5. The minimum atomic E-state index is -0.260. The molecule has 3 heteroatoms. The molecule has 2 nitrogen and oxygen atoms in total. The fraction of sp³-hybridized carbons (Fsp3) is 0.480. The van der Waals surface area contributed by atoms with Gasteiger partial charge in [0.25, 0.3) is 0 Å². The van der Waals surface area contributed by atoms with Gasteiger partial charge in [-0.1, -0.05) is 64.9 Å². The summed E-state index contributed by atoms with van der Waals surface area (Å²) in [5.41, 5.74) is 0.487. The Kier molecular flexibility index (Phi) is 24.0. The van der Waals surface area contributed by atoms with Gasteiger partial charge in [-0.3, -0.25) is 0 Å². The van der Waals surface area contributed by atoms with E-state index in [0.29, 0.717) is 12.2 Å². The largest absolute Gasteiger partial charge is 0.748 e. The predicted molar refractivity (Wildman–Crippen MR) is 117 cm³/mol. The van der Waals surface area contributed by atoms with Crippen LogP contribution in [0.3, 0.4) is 0 Å². The van der Waals surface area contributed by atoms with Gasteiger partial charge in [0.1, 0.15) is 0 Å². The molecule has 0 N–H and O–H groups in total. The molecular formula is C25H38FeO2-6. The van der Waals surface area contributed by atoms with Crippen LogP contribution in [-0.4, -0.2) is 12.6 Å². The van der Waals surface area contributed by atoms with Gasteiger partial charge in [-0.15, -0.1) is 0 Å². The van der Waals surface area contributed by atoms with Gasteiger partial charge in [0.2, 0.25) is 0 Å². The Labute approximate surface area is 183 Å². The first-order valence-electron chi connectivity index (χ1n) is 10.3. The molecule has 0 fully saturated rings. The van der Waals surface area contributed by atoms with Crippen LogP contribution in [0, 0.1) is 0 Å². The van der Waals surface area contributed by atoms with E-state index in [1.807, 2.05) is 60.7 Å². The van der Waals surface area contributed by atoms with Crippen molar-refractivity contribution in [1.82, 2.24) is 0 Å². The molecule has 0 aliphatic heterocycles. The molecule has 0 amide bonds. The zero-order valence-corrected chi connectivity index (χ0v) is 18.8. The van der Waals surface area contributed by atoms with Gasteiger partial charge in [-0.05, 0) is 13.3 Å². The maximum absolute atomic E-state index is 11.1. The van der Waals surface area contributed by atoms with Gasteiger partial charge in [0.05, 0.1) is 6.61 Å². The molecule has 0 radical (unpaired) electrons. The van der Waals surface area contributed by atoms with Crippen molar-refractivity contribution in [2.24, 2.45) is 0 Å². The Morgan fingerprint density at radius 1 is 0.821 bits per heavy atom. The first kappa shape index (κ1) is 28.6. The molecule has 0 aliphatic rings. The molecule has 0 heterocycles. The van der Waals surface area contributed by atoms with Crippen LogP contribution in [0.15, 0.2) is 72.8 Å². The summed E-state index contributed by atoms with van der Waals surface area (Å²) in [7, 11) is 0. The quantitative estimate of drug-likeness (QED) is 0.123. The summed E-state index contributed by atoms with van der Waals surface area (Å²) in [6, 6.07) is 20.0. The smallest absolute Gasteiger partial charge is 0.333 e. The average Bonchev–Trinajstić information content (AvgIpc) is 3.41. The second-order valence-electron chi connectivity index (χ2n) is 6.67. The van der Waals surface area contributed by atoms with E-state index in [1.165, 1.54) is 44.9 Å². The van der Waals surface area contributed by atoms with Crippen LogP contribution in [0.4, 0.5) is 0 Å². The number of carbonyl (C=O) groups is 1. The molecule has 0 bridgehead atoms. The molecule has 0 spiro atoms. The van der Waals surface area contributed by atoms with E-state index in [2.05, 4.69) is 13.5 Å². The Hall–Kier alpha value is -1.57. The molecule has 0 aliphatic carbocycles. The van der Waals surface area contributed by atoms with E-state index in [-0.39, 0.29) is 23.0 Å². The van der Waals surface area contributed by atoms with E-state index >= 15 is 0 Å². The zero-order chi connectivity index (χ0) is 20.0. The monoisotopic (exact) mass is 426 g/mol. The van der Waals surface area contributed by atoms with Gasteiger partial charge < -0.3 is 35.1 Å². The van der Waals surface area contributed by atoms with Gasteiger partial charge in [0, 0.05) is 22.6 Å². The fourth-order valence-corrected chi connectivity index (χ4v) is 2.34. The zero-order valence-electron chi connectivity index (χ0n) is 17.7. The van der Waals surface area contributed by atoms with Crippen molar-refractivity contribution < 1.29 is 26.6 Å². The third kappa shape index (κ3) is 22.5. The Bertz CT molecular complexity index is 454. The average molecular weight is 426 g/mol. The van der Waals surface area contributed by atoms with Gasteiger partial charge in [-0.25, -0.2) is 16.9 Å². The van der Waals surface area contributed by atoms with Crippen molar-refractivity contribution in [2.75, 3.05) is 6.61 Å². The van der Waals surface area contributed by atoms with Crippen molar-refractivity contribution >= 4 is 5.97 Å². The second kappa shape index (κ2) is 23.5. The van der Waals surface area contributed by atoms with Crippen LogP contribution >= 0.6 is 0 Å². The summed E-state index contributed by atoms with van der Waals surface area (Å²) < 4.78 is 5.02. The Morgan fingerprint density at radius 2 is 1.25 bits per heavy atom. The maximum atomic E-state index is 11.1. The van der Waals surface area contributed by atoms with E-state index < -0.39 is 0 Å². The third-order valence-corrected chi connectivity index (χ3v) is 3.94. The van der Waals surface area contributed by atoms with Gasteiger partial charge in [-0.2, -0.15) is 18.2 Å². The number of ether oxygens (including phenoxy) is 1. The van der Waals surface area contributed by atoms with Crippen LogP contribution in [0.2, 0.25) is 0 Å². The SMILES string of the molecule is C=C(C)C(=O)OCCCCCCCCCCC.[Fe].[cH-]1[cH-][cH-][cH-][cH-]1.c1cc[cH-]c1. The Balaban J connectivity index is 0. The maximum Gasteiger partial charge on any atom is 0.333 e. The number of hydrogen-bond acceptors (Lipinski definition) is 2. The summed E-state index contributed by atoms with van der Waals surface area (Å²) in [4.78, 5) is 11.1. The van der Waals surface area contributed by atoms with Crippen molar-refractivity contribution in [3.05, 3.63) is 72.8 Å². The standard InChI is InChI=1S/C15H28O2.2C5H5.Fe/c1-4-5-6-7-8-9-10-11-12-13-17-15(16)14(2)3;2*1-2-4-5-3-1;/h2,4-13H2,1,3H3;2*1-5H;/q;-5;-1;. The summed E-state index contributed by atoms with van der Waals surface area (Å²) >= 11 is 0. The minimum Gasteiger partial charge on any atom is -0.748 e. The van der Waals surface area contributed by atoms with E-state index in [0.717, 1.165) is 12.8 Å². The van der Waals surface area contributed by atoms with Gasteiger partial charge in [0.15, 0.2) is 0 Å². The predicted octanol–water partition coefficient (Wildman–Crippen LogP) is 7.45. The second-order valence-corrected chi connectivity index (χ2v) is 6.67. The first-order chi connectivity index (χ1) is 13.2. The number of unbranched alkanes of at least 4 members (excludes halogenated alkanes) is 8. The molecule has 2 rings (SSSR count). The minimum absolute atomic E-state index is 0. The van der Waals surface area contributed by atoms with Crippen LogP contribution in [0.1, 0.15) is 71.6 Å². The molecule has 0 aromatic heterocycles. The van der Waals surface area contributed by atoms with E-state index in [9.17, 15) is 4.79 Å². The van der Waals surface area contributed by atoms with Crippen LogP contribution < -0.4 is 0 Å². The molecule has 164 valence electrons. The molecule has 0 saturated heterocycles. The van der Waals surface area contributed by atoms with Crippen molar-refractivity contribution in [3.63, 3.8) is 0 Å². The van der Waals surface area contributed by atoms with Crippen LogP contribution in [-0.2, 0) is 26.6 Å². The van der Waals surface area contributed by atoms with Crippen molar-refractivity contribution in [2.45, 2.75) is 71.6 Å². The Morgan fingerprint density at radius 3 is 1.61 bits per heavy atom.